The number of halogens is 4. The van der Waals surface area contributed by atoms with Gasteiger partial charge in [0.15, 0.2) is 23.2 Å². The fraction of sp³-hybridized carbons (Fsp3) is 0.290. The van der Waals surface area contributed by atoms with Gasteiger partial charge in [0.05, 0.1) is 6.61 Å². The van der Waals surface area contributed by atoms with Gasteiger partial charge in [-0.2, -0.15) is 4.39 Å². The first-order valence-electron chi connectivity index (χ1n) is 12.4. The lowest BCUT2D eigenvalue weighted by Crippen LogP contribution is -2.14. The highest BCUT2D eigenvalue weighted by molar-refractivity contribution is 5.68. The number of hydrogen-bond donors (Lipinski definition) is 0. The number of allylic oxidation sites excluding steroid dienone is 2. The maximum Gasteiger partial charge on any atom is 0.200 e. The number of hydrogen-bond acceptors (Lipinski definition) is 1. The molecule has 5 heteroatoms. The van der Waals surface area contributed by atoms with Gasteiger partial charge in [-0.3, -0.25) is 0 Å². The number of rotatable bonds is 7. The summed E-state index contributed by atoms with van der Waals surface area (Å²) in [5.41, 5.74) is 2.41. The minimum absolute atomic E-state index is 0.0682. The van der Waals surface area contributed by atoms with E-state index >= 15 is 0 Å². The highest BCUT2D eigenvalue weighted by Crippen LogP contribution is 2.39. The van der Waals surface area contributed by atoms with E-state index in [1.807, 2.05) is 37.3 Å². The summed E-state index contributed by atoms with van der Waals surface area (Å²) >= 11 is 0. The van der Waals surface area contributed by atoms with Crippen molar-refractivity contribution in [1.29, 1.82) is 0 Å². The predicted molar refractivity (Wildman–Crippen MR) is 138 cm³/mol. The van der Waals surface area contributed by atoms with Crippen LogP contribution in [-0.4, -0.2) is 6.61 Å². The third kappa shape index (κ3) is 5.56. The Balaban J connectivity index is 1.42. The van der Waals surface area contributed by atoms with Crippen LogP contribution in [0.25, 0.3) is 23.3 Å². The number of ether oxygens (including phenoxy) is 1. The topological polar surface area (TPSA) is 9.23 Å². The molecule has 0 spiro atoms. The molecule has 1 aliphatic rings. The van der Waals surface area contributed by atoms with E-state index in [-0.39, 0.29) is 35.3 Å². The molecule has 0 atom stereocenters. The highest BCUT2D eigenvalue weighted by Gasteiger charge is 2.26. The van der Waals surface area contributed by atoms with Gasteiger partial charge in [0.2, 0.25) is 5.82 Å². The Morgan fingerprint density at radius 1 is 0.778 bits per heavy atom. The van der Waals surface area contributed by atoms with Crippen molar-refractivity contribution >= 4 is 12.2 Å². The van der Waals surface area contributed by atoms with Crippen LogP contribution in [0, 0.1) is 29.2 Å². The molecular weight excluding hydrogens is 464 g/mol. The average Bonchev–Trinajstić information content (AvgIpc) is 2.89. The van der Waals surface area contributed by atoms with E-state index in [0.717, 1.165) is 18.4 Å². The quantitative estimate of drug-likeness (QED) is 0.297. The third-order valence-electron chi connectivity index (χ3n) is 6.83. The molecule has 0 amide bonds. The first kappa shape index (κ1) is 25.7. The van der Waals surface area contributed by atoms with Crippen molar-refractivity contribution < 1.29 is 22.3 Å². The van der Waals surface area contributed by atoms with Crippen molar-refractivity contribution in [3.05, 3.63) is 101 Å². The van der Waals surface area contributed by atoms with E-state index < -0.39 is 23.3 Å². The van der Waals surface area contributed by atoms with Gasteiger partial charge in [0.1, 0.15) is 0 Å². The standard InChI is InChI=1S/C31H30F4O/c1-3-5-20-6-11-22(12-7-20)25-17-16-24(28(32)29(25)33)15-10-21-8-13-23(14-9-21)26-18-19-27(36-4-2)31(35)30(26)34/h3,5-7,10-12,15-19,21,23H,4,8-9,13-14H2,1-2H3. The molecule has 188 valence electrons. The highest BCUT2D eigenvalue weighted by atomic mass is 19.2. The van der Waals surface area contributed by atoms with Crippen molar-refractivity contribution in [1.82, 2.24) is 0 Å². The molecular formula is C31H30F4O. The second-order valence-corrected chi connectivity index (χ2v) is 9.14. The Labute approximate surface area is 210 Å². The van der Waals surface area contributed by atoms with E-state index in [1.165, 1.54) is 6.07 Å². The van der Waals surface area contributed by atoms with Crippen molar-refractivity contribution in [3.63, 3.8) is 0 Å². The summed E-state index contributed by atoms with van der Waals surface area (Å²) in [6.07, 6.45) is 10.3. The van der Waals surface area contributed by atoms with Gasteiger partial charge in [-0.05, 0) is 74.1 Å². The molecule has 1 nitrogen and oxygen atoms in total. The van der Waals surface area contributed by atoms with Crippen LogP contribution in [0.1, 0.15) is 62.1 Å². The second kappa shape index (κ2) is 11.6. The van der Waals surface area contributed by atoms with Gasteiger partial charge in [-0.25, -0.2) is 13.2 Å². The Morgan fingerprint density at radius 3 is 2.17 bits per heavy atom. The minimum Gasteiger partial charge on any atom is -0.491 e. The van der Waals surface area contributed by atoms with Crippen molar-refractivity contribution in [3.8, 4) is 16.9 Å². The van der Waals surface area contributed by atoms with Gasteiger partial charge in [0.25, 0.3) is 0 Å². The molecule has 0 aromatic heterocycles. The zero-order valence-electron chi connectivity index (χ0n) is 20.5. The Morgan fingerprint density at radius 2 is 1.50 bits per heavy atom. The van der Waals surface area contributed by atoms with E-state index in [1.54, 1.807) is 43.3 Å². The molecule has 1 aliphatic carbocycles. The third-order valence-corrected chi connectivity index (χ3v) is 6.83. The van der Waals surface area contributed by atoms with E-state index in [4.69, 9.17) is 4.74 Å². The van der Waals surface area contributed by atoms with Gasteiger partial charge < -0.3 is 4.74 Å². The van der Waals surface area contributed by atoms with Crippen molar-refractivity contribution in [2.24, 2.45) is 5.92 Å². The van der Waals surface area contributed by atoms with Crippen LogP contribution < -0.4 is 4.74 Å². The second-order valence-electron chi connectivity index (χ2n) is 9.14. The fourth-order valence-electron chi connectivity index (χ4n) is 4.87. The molecule has 0 aliphatic heterocycles. The van der Waals surface area contributed by atoms with Gasteiger partial charge in [-0.15, -0.1) is 0 Å². The first-order valence-corrected chi connectivity index (χ1v) is 12.4. The Kier molecular flexibility index (Phi) is 8.29. The summed E-state index contributed by atoms with van der Waals surface area (Å²) in [5.74, 6) is -3.50. The van der Waals surface area contributed by atoms with Crippen LogP contribution in [0.2, 0.25) is 0 Å². The molecule has 1 saturated carbocycles. The van der Waals surface area contributed by atoms with Crippen LogP contribution in [0.4, 0.5) is 17.6 Å². The maximum absolute atomic E-state index is 14.9. The lowest BCUT2D eigenvalue weighted by molar-refractivity contribution is 0.310. The van der Waals surface area contributed by atoms with Crippen LogP contribution in [0.3, 0.4) is 0 Å². The average molecular weight is 495 g/mol. The van der Waals surface area contributed by atoms with E-state index in [9.17, 15) is 17.6 Å². The van der Waals surface area contributed by atoms with Crippen LogP contribution >= 0.6 is 0 Å². The zero-order chi connectivity index (χ0) is 25.7. The zero-order valence-corrected chi connectivity index (χ0v) is 20.5. The molecule has 3 aromatic rings. The van der Waals surface area contributed by atoms with Gasteiger partial charge in [0, 0.05) is 11.1 Å². The fourth-order valence-corrected chi connectivity index (χ4v) is 4.87. The monoisotopic (exact) mass is 494 g/mol. The molecule has 36 heavy (non-hydrogen) atoms. The van der Waals surface area contributed by atoms with Crippen LogP contribution in [0.15, 0.2) is 60.7 Å². The Bertz CT molecular complexity index is 1250. The van der Waals surface area contributed by atoms with Crippen LogP contribution in [0.5, 0.6) is 5.75 Å². The predicted octanol–water partition coefficient (Wildman–Crippen LogP) is 9.33. The molecule has 4 rings (SSSR count). The normalized spacial score (nSPS) is 18.3. The smallest absolute Gasteiger partial charge is 0.200 e. The minimum atomic E-state index is -0.939. The SMILES string of the molecule is CC=Cc1ccc(-c2ccc(C=CC3CCC(c4ccc(OCC)c(F)c4F)CC3)c(F)c2F)cc1. The summed E-state index contributed by atoms with van der Waals surface area (Å²) in [5, 5.41) is 0. The molecule has 0 saturated heterocycles. The van der Waals surface area contributed by atoms with Crippen LogP contribution in [-0.2, 0) is 0 Å². The molecule has 0 radical (unpaired) electrons. The molecule has 0 unspecified atom stereocenters. The summed E-state index contributed by atoms with van der Waals surface area (Å²) in [4.78, 5) is 0. The maximum atomic E-state index is 14.9. The molecule has 1 fully saturated rings. The van der Waals surface area contributed by atoms with Crippen molar-refractivity contribution in [2.45, 2.75) is 45.4 Å². The van der Waals surface area contributed by atoms with E-state index in [0.29, 0.717) is 24.0 Å². The lowest BCUT2D eigenvalue weighted by Gasteiger charge is -2.27. The molecule has 0 heterocycles. The Hall–Kier alpha value is -3.34. The summed E-state index contributed by atoms with van der Waals surface area (Å²) in [6, 6.07) is 13.6. The van der Waals surface area contributed by atoms with Gasteiger partial charge in [-0.1, -0.05) is 66.8 Å². The summed E-state index contributed by atoms with van der Waals surface area (Å²) in [6.45, 7) is 3.91. The first-order chi connectivity index (χ1) is 17.4. The summed E-state index contributed by atoms with van der Waals surface area (Å²) in [7, 11) is 0. The largest absolute Gasteiger partial charge is 0.491 e. The molecule has 0 bridgehead atoms. The molecule has 3 aromatic carbocycles. The number of benzene rings is 3. The van der Waals surface area contributed by atoms with Gasteiger partial charge >= 0.3 is 0 Å². The van der Waals surface area contributed by atoms with Crippen molar-refractivity contribution in [2.75, 3.05) is 6.61 Å². The lowest BCUT2D eigenvalue weighted by atomic mass is 9.78. The molecule has 0 N–H and O–H groups in total. The van der Waals surface area contributed by atoms with E-state index in [2.05, 4.69) is 0 Å². The summed E-state index contributed by atoms with van der Waals surface area (Å²) < 4.78 is 63.7.